The van der Waals surface area contributed by atoms with Crippen LogP contribution in [-0.4, -0.2) is 28.5 Å². The molecule has 126 valence electrons. The molecule has 4 N–H and O–H groups in total. The zero-order chi connectivity index (χ0) is 16.1. The van der Waals surface area contributed by atoms with Crippen molar-refractivity contribution >= 4 is 17.1 Å². The minimum Gasteiger partial charge on any atom is -1.00 e. The lowest BCUT2D eigenvalue weighted by Gasteiger charge is -2.17. The number of nitrogens with one attached hydrogen (secondary N) is 1. The van der Waals surface area contributed by atoms with Crippen LogP contribution < -0.4 is 22.6 Å². The van der Waals surface area contributed by atoms with Crippen molar-refractivity contribution in [3.63, 3.8) is 0 Å². The molecule has 1 aromatic carbocycles. The molecule has 7 heteroatoms. The van der Waals surface area contributed by atoms with Crippen LogP contribution in [0.15, 0.2) is 35.1 Å². The molecule has 1 heterocycles. The van der Waals surface area contributed by atoms with Crippen molar-refractivity contribution in [1.29, 1.82) is 0 Å². The Bertz CT molecular complexity index is 684. The van der Waals surface area contributed by atoms with Crippen LogP contribution in [0.1, 0.15) is 40.4 Å². The fraction of sp³-hybridized carbons (Fsp3) is 0.375. The number of H-pyrrole nitrogens is 1. The second-order valence-corrected chi connectivity index (χ2v) is 6.36. The number of ketones is 1. The van der Waals surface area contributed by atoms with E-state index in [1.807, 2.05) is 42.6 Å². The van der Waals surface area contributed by atoms with Crippen LogP contribution in [0.4, 0.5) is 0 Å². The zero-order valence-electron chi connectivity index (χ0n) is 13.1. The van der Waals surface area contributed by atoms with Crippen LogP contribution in [0.25, 0.3) is 0 Å². The predicted octanol–water partition coefficient (Wildman–Crippen LogP) is -1.99. The van der Waals surface area contributed by atoms with E-state index in [0.717, 1.165) is 16.9 Å². The van der Waals surface area contributed by atoms with Gasteiger partial charge in [0.25, 0.3) is 0 Å². The van der Waals surface area contributed by atoms with Gasteiger partial charge in [-0.1, -0.05) is 41.7 Å². The average Bonchev–Trinajstić information content (AvgIpc) is 2.86. The van der Waals surface area contributed by atoms with E-state index in [9.17, 15) is 14.7 Å². The Kier molecular flexibility index (Phi) is 7.64. The van der Waals surface area contributed by atoms with Gasteiger partial charge in [0.15, 0.2) is 5.78 Å². The molecule has 0 aliphatic carbocycles. The van der Waals surface area contributed by atoms with E-state index in [1.165, 1.54) is 0 Å². The predicted molar refractivity (Wildman–Crippen MR) is 86.3 cm³/mol. The first-order valence-electron chi connectivity index (χ1n) is 7.28. The number of thiazole rings is 1. The van der Waals surface area contributed by atoms with Crippen molar-refractivity contribution in [2.24, 2.45) is 0 Å². The highest BCUT2D eigenvalue weighted by Gasteiger charge is 2.20. The molecule has 2 aromatic rings. The molecule has 2 unspecified atom stereocenters. The van der Waals surface area contributed by atoms with Crippen LogP contribution in [0.5, 0.6) is 0 Å². The van der Waals surface area contributed by atoms with Gasteiger partial charge in [-0.2, -0.15) is 0 Å². The molecule has 0 aliphatic heterocycles. The van der Waals surface area contributed by atoms with Gasteiger partial charge in [0.2, 0.25) is 0 Å². The summed E-state index contributed by atoms with van der Waals surface area (Å²) >= 11 is 0.961. The van der Waals surface area contributed by atoms with Crippen molar-refractivity contribution in [2.45, 2.75) is 32.4 Å². The lowest BCUT2D eigenvalue weighted by molar-refractivity contribution is -0.693. The van der Waals surface area contributed by atoms with Gasteiger partial charge in [0.05, 0.1) is 17.8 Å². The van der Waals surface area contributed by atoms with E-state index in [4.69, 9.17) is 0 Å². The van der Waals surface area contributed by atoms with Crippen LogP contribution in [0.3, 0.4) is 0 Å². The Morgan fingerprint density at radius 1 is 1.35 bits per heavy atom. The van der Waals surface area contributed by atoms with E-state index in [-0.39, 0.29) is 29.1 Å². The quantitative estimate of drug-likeness (QED) is 0.502. The van der Waals surface area contributed by atoms with Gasteiger partial charge in [-0.25, -0.2) is 0 Å². The number of hydrogen-bond acceptors (Lipinski definition) is 4. The number of rotatable bonds is 7. The Labute approximate surface area is 145 Å². The molecule has 0 aliphatic rings. The minimum atomic E-state index is -0.568. The molecule has 2 atom stereocenters. The van der Waals surface area contributed by atoms with Gasteiger partial charge < -0.3 is 27.8 Å². The summed E-state index contributed by atoms with van der Waals surface area (Å²) < 4.78 is 0. The van der Waals surface area contributed by atoms with Crippen molar-refractivity contribution in [1.82, 2.24) is 4.98 Å². The summed E-state index contributed by atoms with van der Waals surface area (Å²) in [7, 11) is 0. The molecule has 0 radical (unpaired) electrons. The van der Waals surface area contributed by atoms with Crippen molar-refractivity contribution in [3.8, 4) is 0 Å². The molecule has 5 nitrogen and oxygen atoms in total. The first kappa shape index (κ1) is 19.6. The van der Waals surface area contributed by atoms with Gasteiger partial charge in [-0.15, -0.1) is 0 Å². The van der Waals surface area contributed by atoms with Gasteiger partial charge in [0, 0.05) is 5.69 Å². The number of aliphatic hydroxyl groups is 1. The molecule has 0 amide bonds. The Balaban J connectivity index is 0.00000264. The third-order valence-electron chi connectivity index (χ3n) is 3.63. The number of carbonyl (C=O) groups excluding carboxylic acids is 1. The van der Waals surface area contributed by atoms with Gasteiger partial charge in [-0.05, 0) is 19.4 Å². The van der Waals surface area contributed by atoms with E-state index in [0.29, 0.717) is 23.5 Å². The first-order chi connectivity index (χ1) is 10.5. The smallest absolute Gasteiger partial charge is 0.305 e. The molecule has 0 fully saturated rings. The van der Waals surface area contributed by atoms with Gasteiger partial charge in [-0.3, -0.25) is 9.59 Å². The fourth-order valence-electron chi connectivity index (χ4n) is 2.34. The topological polar surface area (TPSA) is 86.8 Å². The number of aryl methyl sites for hydroxylation is 1. The summed E-state index contributed by atoms with van der Waals surface area (Å²) in [6, 6.07) is 9.44. The number of benzene rings is 1. The molecule has 2 rings (SSSR count). The number of quaternary nitrogens is 1. The van der Waals surface area contributed by atoms with E-state index >= 15 is 0 Å². The molecular formula is C16H21ClN2O3S. The van der Waals surface area contributed by atoms with Crippen LogP contribution in [0, 0.1) is 6.92 Å². The van der Waals surface area contributed by atoms with Gasteiger partial charge >= 0.3 is 4.87 Å². The van der Waals surface area contributed by atoms with Crippen LogP contribution in [0.2, 0.25) is 0 Å². The maximum atomic E-state index is 12.1. The Hall–Kier alpha value is -1.47. The number of Topliss-reactive ketones (excluding diaryl/α,β-unsaturated/α-hetero) is 1. The SMILES string of the molecule is Cc1[nH]c(=O)sc1C(=O)CC[NH2+]C(C)C(O)c1ccccc1.[Cl-]. The normalized spacial score (nSPS) is 13.2. The lowest BCUT2D eigenvalue weighted by atomic mass is 10.0. The van der Waals surface area contributed by atoms with Crippen molar-refractivity contribution < 1.29 is 27.6 Å². The molecule has 1 aromatic heterocycles. The van der Waals surface area contributed by atoms with E-state index in [1.54, 1.807) is 6.92 Å². The molecule has 0 bridgehead atoms. The van der Waals surface area contributed by atoms with Gasteiger partial charge in [0.1, 0.15) is 12.1 Å². The standard InChI is InChI=1S/C16H20N2O3S.ClH/c1-10(14(20)12-6-4-3-5-7-12)17-9-8-13(19)15-11(2)18-16(21)22-15;/h3-7,10,14,17,20H,8-9H2,1-2H3,(H,18,21);1H. The summed E-state index contributed by atoms with van der Waals surface area (Å²) in [4.78, 5) is 26.2. The highest BCUT2D eigenvalue weighted by atomic mass is 35.5. The van der Waals surface area contributed by atoms with Crippen molar-refractivity contribution in [2.75, 3.05) is 6.54 Å². The number of aliphatic hydroxyl groups excluding tert-OH is 1. The highest BCUT2D eigenvalue weighted by Crippen LogP contribution is 2.14. The van der Waals surface area contributed by atoms with Crippen LogP contribution >= 0.6 is 11.3 Å². The van der Waals surface area contributed by atoms with E-state index < -0.39 is 6.10 Å². The molecule has 0 saturated heterocycles. The maximum absolute atomic E-state index is 12.1. The van der Waals surface area contributed by atoms with E-state index in [2.05, 4.69) is 4.98 Å². The summed E-state index contributed by atoms with van der Waals surface area (Å²) in [5.74, 6) is -0.0292. The maximum Gasteiger partial charge on any atom is 0.305 e. The second kappa shape index (κ2) is 8.98. The fourth-order valence-corrected chi connectivity index (χ4v) is 3.15. The lowest BCUT2D eigenvalue weighted by Crippen LogP contribution is -3.00. The average molecular weight is 357 g/mol. The Morgan fingerprint density at radius 3 is 2.57 bits per heavy atom. The molecule has 23 heavy (non-hydrogen) atoms. The summed E-state index contributed by atoms with van der Waals surface area (Å²) in [6.45, 7) is 4.24. The van der Waals surface area contributed by atoms with Crippen LogP contribution in [-0.2, 0) is 0 Å². The number of halogens is 1. The number of aromatic nitrogens is 1. The minimum absolute atomic E-state index is 0. The number of hydrogen-bond donors (Lipinski definition) is 3. The summed E-state index contributed by atoms with van der Waals surface area (Å²) in [5.41, 5.74) is 1.51. The number of nitrogens with two attached hydrogens (primary N) is 1. The largest absolute Gasteiger partial charge is 1.00 e. The first-order valence-corrected chi connectivity index (χ1v) is 8.10. The highest BCUT2D eigenvalue weighted by molar-refractivity contribution is 7.11. The third kappa shape index (κ3) is 5.28. The summed E-state index contributed by atoms with van der Waals surface area (Å²) in [6.07, 6.45) is -0.220. The van der Waals surface area contributed by atoms with Crippen molar-refractivity contribution in [3.05, 3.63) is 56.1 Å². The monoisotopic (exact) mass is 356 g/mol. The molecule has 0 spiro atoms. The third-order valence-corrected chi connectivity index (χ3v) is 4.65. The number of carbonyl (C=O) groups is 1. The molecule has 0 saturated carbocycles. The second-order valence-electron chi connectivity index (χ2n) is 5.38. The summed E-state index contributed by atoms with van der Waals surface area (Å²) in [5, 5.41) is 12.2. The number of aromatic amines is 1. The zero-order valence-corrected chi connectivity index (χ0v) is 14.7. The Morgan fingerprint density at radius 2 is 2.00 bits per heavy atom. The molecular weight excluding hydrogens is 336 g/mol.